The quantitative estimate of drug-likeness (QED) is 0.796. The number of rotatable bonds is 7. The third-order valence-corrected chi connectivity index (χ3v) is 2.80. The third-order valence-electron chi connectivity index (χ3n) is 2.80. The topological polar surface area (TPSA) is 45.2 Å². The second-order valence-corrected chi connectivity index (χ2v) is 4.78. The number of carbonyl (C=O) groups is 1. The van der Waals surface area contributed by atoms with Gasteiger partial charge in [-0.25, -0.2) is 0 Å². The molecule has 1 heterocycles. The van der Waals surface area contributed by atoms with Crippen molar-refractivity contribution in [2.24, 2.45) is 0 Å². The molecule has 100 valence electrons. The summed E-state index contributed by atoms with van der Waals surface area (Å²) >= 11 is 0. The zero-order valence-electron chi connectivity index (χ0n) is 11.5. The summed E-state index contributed by atoms with van der Waals surface area (Å²) in [6, 6.07) is 4.40. The van der Waals surface area contributed by atoms with E-state index in [4.69, 9.17) is 0 Å². The Morgan fingerprint density at radius 1 is 1.39 bits per heavy atom. The maximum absolute atomic E-state index is 11.8. The fourth-order valence-electron chi connectivity index (χ4n) is 1.63. The molecular weight excluding hydrogens is 226 g/mol. The Labute approximate surface area is 109 Å². The van der Waals surface area contributed by atoms with E-state index in [1.165, 1.54) is 5.56 Å². The number of nitrogens with one attached hydrogen (secondary N) is 1. The molecule has 18 heavy (non-hydrogen) atoms. The SMILES string of the molecule is CC(C)NCCC(=O)N(C)CCc1ccncc1. The lowest BCUT2D eigenvalue weighted by Crippen LogP contribution is -2.33. The maximum Gasteiger partial charge on any atom is 0.223 e. The Balaban J connectivity index is 2.23. The van der Waals surface area contributed by atoms with Crippen LogP contribution in [0.1, 0.15) is 25.8 Å². The molecule has 4 heteroatoms. The van der Waals surface area contributed by atoms with Crippen LogP contribution < -0.4 is 5.32 Å². The molecule has 0 saturated heterocycles. The van der Waals surface area contributed by atoms with E-state index in [2.05, 4.69) is 24.1 Å². The van der Waals surface area contributed by atoms with Crippen molar-refractivity contribution in [3.05, 3.63) is 30.1 Å². The standard InChI is InChI=1S/C14H23N3O/c1-12(2)16-10-6-14(18)17(3)11-7-13-4-8-15-9-5-13/h4-5,8-9,12,16H,6-7,10-11H2,1-3H3. The van der Waals surface area contributed by atoms with Crippen molar-refractivity contribution in [3.8, 4) is 0 Å². The minimum Gasteiger partial charge on any atom is -0.345 e. The summed E-state index contributed by atoms with van der Waals surface area (Å²) in [5.74, 6) is 0.192. The van der Waals surface area contributed by atoms with Crippen molar-refractivity contribution in [2.45, 2.75) is 32.7 Å². The van der Waals surface area contributed by atoms with E-state index in [0.29, 0.717) is 12.5 Å². The first kappa shape index (κ1) is 14.6. The highest BCUT2D eigenvalue weighted by atomic mass is 16.2. The smallest absolute Gasteiger partial charge is 0.223 e. The first-order chi connectivity index (χ1) is 8.59. The maximum atomic E-state index is 11.8. The first-order valence-electron chi connectivity index (χ1n) is 6.46. The molecule has 0 atom stereocenters. The Kier molecular flexibility index (Phi) is 6.36. The number of aromatic nitrogens is 1. The van der Waals surface area contributed by atoms with E-state index in [-0.39, 0.29) is 5.91 Å². The highest BCUT2D eigenvalue weighted by molar-refractivity contribution is 5.76. The number of hydrogen-bond acceptors (Lipinski definition) is 3. The van der Waals surface area contributed by atoms with Crippen molar-refractivity contribution in [3.63, 3.8) is 0 Å². The van der Waals surface area contributed by atoms with Gasteiger partial charge in [0.25, 0.3) is 0 Å². The van der Waals surface area contributed by atoms with Gasteiger partial charge in [0.2, 0.25) is 5.91 Å². The second kappa shape index (κ2) is 7.82. The minimum absolute atomic E-state index is 0.192. The first-order valence-corrected chi connectivity index (χ1v) is 6.46. The summed E-state index contributed by atoms with van der Waals surface area (Å²) in [5, 5.41) is 3.25. The third kappa shape index (κ3) is 5.77. The molecule has 1 aromatic heterocycles. The average molecular weight is 249 g/mol. The summed E-state index contributed by atoms with van der Waals surface area (Å²) in [6.45, 7) is 5.66. The summed E-state index contributed by atoms with van der Waals surface area (Å²) < 4.78 is 0. The van der Waals surface area contributed by atoms with Gasteiger partial charge in [0.15, 0.2) is 0 Å². The van der Waals surface area contributed by atoms with Crippen LogP contribution in [-0.2, 0) is 11.2 Å². The predicted molar refractivity (Wildman–Crippen MR) is 73.3 cm³/mol. The normalized spacial score (nSPS) is 10.7. The summed E-state index contributed by atoms with van der Waals surface area (Å²) in [7, 11) is 1.86. The molecular formula is C14H23N3O. The van der Waals surface area contributed by atoms with E-state index in [1.54, 1.807) is 17.3 Å². The molecule has 1 rings (SSSR count). The van der Waals surface area contributed by atoms with Crippen LogP contribution in [0.25, 0.3) is 0 Å². The monoisotopic (exact) mass is 249 g/mol. The molecule has 0 radical (unpaired) electrons. The van der Waals surface area contributed by atoms with Gasteiger partial charge in [-0.1, -0.05) is 13.8 Å². The molecule has 0 unspecified atom stereocenters. The molecule has 0 aromatic carbocycles. The molecule has 0 saturated carbocycles. The van der Waals surface area contributed by atoms with Crippen molar-refractivity contribution in [1.29, 1.82) is 0 Å². The van der Waals surface area contributed by atoms with Crippen molar-refractivity contribution >= 4 is 5.91 Å². The van der Waals surface area contributed by atoms with E-state index in [1.807, 2.05) is 19.2 Å². The van der Waals surface area contributed by atoms with Crippen molar-refractivity contribution < 1.29 is 4.79 Å². The predicted octanol–water partition coefficient (Wildman–Crippen LogP) is 1.47. The van der Waals surface area contributed by atoms with Crippen LogP contribution in [0.3, 0.4) is 0 Å². The van der Waals surface area contributed by atoms with Gasteiger partial charge in [-0.15, -0.1) is 0 Å². The zero-order chi connectivity index (χ0) is 13.4. The highest BCUT2D eigenvalue weighted by Crippen LogP contribution is 2.00. The largest absolute Gasteiger partial charge is 0.345 e. The van der Waals surface area contributed by atoms with E-state index in [9.17, 15) is 4.79 Å². The van der Waals surface area contributed by atoms with Gasteiger partial charge < -0.3 is 10.2 Å². The van der Waals surface area contributed by atoms with Crippen LogP contribution in [0, 0.1) is 0 Å². The molecule has 4 nitrogen and oxygen atoms in total. The molecule has 1 aromatic rings. The fraction of sp³-hybridized carbons (Fsp3) is 0.571. The van der Waals surface area contributed by atoms with E-state index >= 15 is 0 Å². The van der Waals surface area contributed by atoms with Gasteiger partial charge in [-0.05, 0) is 24.1 Å². The molecule has 0 spiro atoms. The summed E-state index contributed by atoms with van der Waals surface area (Å²) in [4.78, 5) is 17.6. The molecule has 0 bridgehead atoms. The molecule has 0 aliphatic heterocycles. The molecule has 1 amide bonds. The number of carbonyl (C=O) groups excluding carboxylic acids is 1. The average Bonchev–Trinajstić information content (AvgIpc) is 2.36. The number of likely N-dealkylation sites (N-methyl/N-ethyl adjacent to an activating group) is 1. The van der Waals surface area contributed by atoms with E-state index in [0.717, 1.165) is 19.5 Å². The zero-order valence-corrected chi connectivity index (χ0v) is 11.5. The fourth-order valence-corrected chi connectivity index (χ4v) is 1.63. The number of nitrogens with zero attached hydrogens (tertiary/aromatic N) is 2. The van der Waals surface area contributed by atoms with Crippen LogP contribution in [-0.4, -0.2) is 42.0 Å². The molecule has 1 N–H and O–H groups in total. The highest BCUT2D eigenvalue weighted by Gasteiger charge is 2.08. The van der Waals surface area contributed by atoms with Crippen LogP contribution >= 0.6 is 0 Å². The van der Waals surface area contributed by atoms with Crippen LogP contribution in [0.15, 0.2) is 24.5 Å². The number of amides is 1. The lowest BCUT2D eigenvalue weighted by molar-refractivity contribution is -0.129. The Morgan fingerprint density at radius 2 is 2.06 bits per heavy atom. The number of pyridine rings is 1. The lowest BCUT2D eigenvalue weighted by atomic mass is 10.2. The van der Waals surface area contributed by atoms with Crippen LogP contribution in [0.4, 0.5) is 0 Å². The van der Waals surface area contributed by atoms with Gasteiger partial charge >= 0.3 is 0 Å². The Morgan fingerprint density at radius 3 is 2.67 bits per heavy atom. The lowest BCUT2D eigenvalue weighted by Gasteiger charge is -2.17. The van der Waals surface area contributed by atoms with Gasteiger partial charge in [0.1, 0.15) is 0 Å². The Bertz CT molecular complexity index is 351. The molecule has 0 aliphatic carbocycles. The van der Waals surface area contributed by atoms with Gasteiger partial charge in [0.05, 0.1) is 0 Å². The second-order valence-electron chi connectivity index (χ2n) is 4.78. The summed E-state index contributed by atoms with van der Waals surface area (Å²) in [5.41, 5.74) is 1.21. The summed E-state index contributed by atoms with van der Waals surface area (Å²) in [6.07, 6.45) is 5.00. The van der Waals surface area contributed by atoms with Gasteiger partial charge in [-0.2, -0.15) is 0 Å². The van der Waals surface area contributed by atoms with E-state index < -0.39 is 0 Å². The van der Waals surface area contributed by atoms with Crippen LogP contribution in [0.5, 0.6) is 0 Å². The Hall–Kier alpha value is -1.42. The van der Waals surface area contributed by atoms with Gasteiger partial charge in [0, 0.05) is 45.0 Å². The van der Waals surface area contributed by atoms with Crippen molar-refractivity contribution in [1.82, 2.24) is 15.2 Å². The number of hydrogen-bond donors (Lipinski definition) is 1. The van der Waals surface area contributed by atoms with Crippen molar-refractivity contribution in [2.75, 3.05) is 20.1 Å². The molecule has 0 fully saturated rings. The molecule has 0 aliphatic rings. The van der Waals surface area contributed by atoms with Crippen LogP contribution in [0.2, 0.25) is 0 Å². The minimum atomic E-state index is 0.192. The van der Waals surface area contributed by atoms with Gasteiger partial charge in [-0.3, -0.25) is 9.78 Å².